The minimum absolute atomic E-state index is 0.0625. The fourth-order valence-electron chi connectivity index (χ4n) is 5.04. The van der Waals surface area contributed by atoms with E-state index in [0.29, 0.717) is 44.1 Å². The van der Waals surface area contributed by atoms with E-state index in [1.807, 2.05) is 24.3 Å². The topological polar surface area (TPSA) is 44.8 Å². The van der Waals surface area contributed by atoms with Crippen molar-refractivity contribution in [3.63, 3.8) is 0 Å². The Hall–Kier alpha value is -2.90. The van der Waals surface area contributed by atoms with Crippen LogP contribution < -0.4 is 19.9 Å². The summed E-state index contributed by atoms with van der Waals surface area (Å²) in [7, 11) is 1.63. The fraction of sp³-hybridized carbons (Fsp3) is 0.480. The lowest BCUT2D eigenvalue weighted by atomic mass is 9.82. The first-order valence-electron chi connectivity index (χ1n) is 11.5. The number of fused-ring (bicyclic) bond motifs is 3. The summed E-state index contributed by atoms with van der Waals surface area (Å²) in [5.74, 6) is 0.834. The summed E-state index contributed by atoms with van der Waals surface area (Å²) < 4.78 is 45.4. The quantitative estimate of drug-likeness (QED) is 0.731. The molecule has 2 heterocycles. The highest BCUT2D eigenvalue weighted by molar-refractivity contribution is 5.82. The Morgan fingerprint density at radius 3 is 2.70 bits per heavy atom. The van der Waals surface area contributed by atoms with Crippen LogP contribution in [0.5, 0.6) is 5.75 Å². The molecule has 0 spiro atoms. The van der Waals surface area contributed by atoms with Gasteiger partial charge in [-0.1, -0.05) is 6.07 Å². The zero-order valence-electron chi connectivity index (χ0n) is 18.6. The molecule has 0 bridgehead atoms. The summed E-state index contributed by atoms with van der Waals surface area (Å²) >= 11 is 0. The van der Waals surface area contributed by atoms with Crippen molar-refractivity contribution in [1.82, 2.24) is 5.32 Å². The number of carbonyl (C=O) groups is 1. The smallest absolute Gasteiger partial charge is 0.416 e. The van der Waals surface area contributed by atoms with Crippen molar-refractivity contribution in [2.45, 2.75) is 31.5 Å². The molecule has 5 rings (SSSR count). The van der Waals surface area contributed by atoms with Crippen LogP contribution in [0.1, 0.15) is 24.0 Å². The van der Waals surface area contributed by atoms with E-state index in [1.54, 1.807) is 13.2 Å². The average Bonchev–Trinajstić information content (AvgIpc) is 3.65. The summed E-state index contributed by atoms with van der Waals surface area (Å²) in [6.07, 6.45) is -1.84. The highest BCUT2D eigenvalue weighted by Gasteiger charge is 2.43. The molecule has 1 saturated carbocycles. The van der Waals surface area contributed by atoms with Gasteiger partial charge in [-0.25, -0.2) is 0 Å². The Bertz CT molecular complexity index is 1040. The minimum Gasteiger partial charge on any atom is -0.497 e. The van der Waals surface area contributed by atoms with Gasteiger partial charge in [-0.05, 0) is 61.1 Å². The molecule has 2 atom stereocenters. The molecule has 176 valence electrons. The van der Waals surface area contributed by atoms with E-state index in [0.717, 1.165) is 36.0 Å². The van der Waals surface area contributed by atoms with Gasteiger partial charge in [0.2, 0.25) is 5.91 Å². The van der Waals surface area contributed by atoms with E-state index in [-0.39, 0.29) is 11.9 Å². The second kappa shape index (κ2) is 8.47. The third kappa shape index (κ3) is 4.48. The number of alkyl halides is 3. The van der Waals surface area contributed by atoms with Crippen molar-refractivity contribution in [1.29, 1.82) is 0 Å². The summed E-state index contributed by atoms with van der Waals surface area (Å²) in [5.41, 5.74) is 1.77. The van der Waals surface area contributed by atoms with Gasteiger partial charge >= 0.3 is 6.18 Å². The maximum atomic E-state index is 13.4. The molecule has 2 aliphatic heterocycles. The van der Waals surface area contributed by atoms with Crippen LogP contribution in [0, 0.1) is 11.8 Å². The standard InChI is InChI=1S/C25H28F3N3O2/c1-33-20-4-2-3-19(13-20)30-9-10-31-22-8-7-18(25(26,27)28)11-17(22)12-21(23(31)15-30)24(32)29-14-16-5-6-16/h2-4,7-8,11,13,16,21,23H,5-6,9-10,12,14-15H2,1H3,(H,29,32). The first-order valence-corrected chi connectivity index (χ1v) is 11.5. The molecule has 1 amide bonds. The average molecular weight is 460 g/mol. The van der Waals surface area contributed by atoms with E-state index >= 15 is 0 Å². The van der Waals surface area contributed by atoms with E-state index < -0.39 is 17.7 Å². The maximum absolute atomic E-state index is 13.4. The Kier molecular flexibility index (Phi) is 5.62. The first-order chi connectivity index (χ1) is 15.8. The van der Waals surface area contributed by atoms with E-state index in [4.69, 9.17) is 4.74 Å². The predicted molar refractivity (Wildman–Crippen MR) is 121 cm³/mol. The van der Waals surface area contributed by atoms with Crippen molar-refractivity contribution in [3.8, 4) is 5.75 Å². The Labute approximate surface area is 191 Å². The lowest BCUT2D eigenvalue weighted by Crippen LogP contribution is -2.61. The van der Waals surface area contributed by atoms with Crippen molar-refractivity contribution in [3.05, 3.63) is 53.6 Å². The molecule has 2 aromatic carbocycles. The zero-order valence-corrected chi connectivity index (χ0v) is 18.6. The van der Waals surface area contributed by atoms with Gasteiger partial charge in [0.15, 0.2) is 0 Å². The number of ether oxygens (including phenoxy) is 1. The first kappa shape index (κ1) is 21.9. The molecule has 2 aromatic rings. The zero-order chi connectivity index (χ0) is 23.2. The van der Waals surface area contributed by atoms with E-state index in [1.165, 1.54) is 6.07 Å². The van der Waals surface area contributed by atoms with E-state index in [2.05, 4.69) is 15.1 Å². The predicted octanol–water partition coefficient (Wildman–Crippen LogP) is 4.11. The molecule has 5 nitrogen and oxygen atoms in total. The van der Waals surface area contributed by atoms with Crippen LogP contribution in [-0.2, 0) is 17.4 Å². The van der Waals surface area contributed by atoms with Gasteiger partial charge in [-0.15, -0.1) is 0 Å². The number of rotatable bonds is 5. The van der Waals surface area contributed by atoms with Gasteiger partial charge in [0.25, 0.3) is 0 Å². The summed E-state index contributed by atoms with van der Waals surface area (Å²) in [4.78, 5) is 17.6. The van der Waals surface area contributed by atoms with Crippen LogP contribution in [0.25, 0.3) is 0 Å². The number of methoxy groups -OCH3 is 1. The molecule has 0 radical (unpaired) electrons. The largest absolute Gasteiger partial charge is 0.497 e. The van der Waals surface area contributed by atoms with Crippen molar-refractivity contribution in [2.24, 2.45) is 11.8 Å². The number of benzene rings is 2. The highest BCUT2D eigenvalue weighted by Crippen LogP contribution is 2.40. The van der Waals surface area contributed by atoms with Crippen LogP contribution in [0.15, 0.2) is 42.5 Å². The Morgan fingerprint density at radius 2 is 1.97 bits per heavy atom. The number of halogens is 3. The SMILES string of the molecule is COc1cccc(N2CCN3c4ccc(C(F)(F)F)cc4CC(C(=O)NCC4CC4)C3C2)c1. The number of hydrogen-bond donors (Lipinski definition) is 1. The second-order valence-corrected chi connectivity index (χ2v) is 9.25. The van der Waals surface area contributed by atoms with Gasteiger partial charge in [0.05, 0.1) is 24.6 Å². The fourth-order valence-corrected chi connectivity index (χ4v) is 5.04. The third-order valence-corrected chi connectivity index (χ3v) is 7.06. The van der Waals surface area contributed by atoms with Gasteiger partial charge in [-0.3, -0.25) is 4.79 Å². The van der Waals surface area contributed by atoms with Gasteiger partial charge in [0, 0.05) is 43.6 Å². The highest BCUT2D eigenvalue weighted by atomic mass is 19.4. The number of nitrogens with zero attached hydrogens (tertiary/aromatic N) is 2. The van der Waals surface area contributed by atoms with Gasteiger partial charge in [0.1, 0.15) is 5.75 Å². The van der Waals surface area contributed by atoms with E-state index in [9.17, 15) is 18.0 Å². The molecule has 2 fully saturated rings. The summed E-state index contributed by atoms with van der Waals surface area (Å²) in [6.45, 7) is 2.61. The monoisotopic (exact) mass is 459 g/mol. The van der Waals surface area contributed by atoms with Crippen LogP contribution in [0.4, 0.5) is 24.5 Å². The minimum atomic E-state index is -4.40. The van der Waals surface area contributed by atoms with Crippen molar-refractivity contribution >= 4 is 17.3 Å². The third-order valence-electron chi connectivity index (χ3n) is 7.06. The number of nitrogens with one attached hydrogen (secondary N) is 1. The maximum Gasteiger partial charge on any atom is 0.416 e. The number of anilines is 2. The molecule has 8 heteroatoms. The lowest BCUT2D eigenvalue weighted by molar-refractivity contribution is -0.137. The molecular formula is C25H28F3N3O2. The van der Waals surface area contributed by atoms with Crippen molar-refractivity contribution < 1.29 is 22.7 Å². The lowest BCUT2D eigenvalue weighted by Gasteiger charge is -2.49. The molecule has 2 unspecified atom stereocenters. The summed E-state index contributed by atoms with van der Waals surface area (Å²) in [5, 5.41) is 3.07. The number of carbonyl (C=O) groups excluding carboxylic acids is 1. The summed E-state index contributed by atoms with van der Waals surface area (Å²) in [6, 6.07) is 11.7. The Balaban J connectivity index is 1.45. The number of piperazine rings is 1. The number of amides is 1. The molecule has 3 aliphatic rings. The van der Waals surface area contributed by atoms with Crippen LogP contribution in [0.3, 0.4) is 0 Å². The van der Waals surface area contributed by atoms with Gasteiger partial charge in [-0.2, -0.15) is 13.2 Å². The van der Waals surface area contributed by atoms with Gasteiger partial charge < -0.3 is 19.9 Å². The second-order valence-electron chi connectivity index (χ2n) is 9.25. The molecule has 1 saturated heterocycles. The molecular weight excluding hydrogens is 431 g/mol. The molecule has 1 N–H and O–H groups in total. The molecule has 1 aliphatic carbocycles. The van der Waals surface area contributed by atoms with Crippen LogP contribution in [-0.4, -0.2) is 45.2 Å². The Morgan fingerprint density at radius 1 is 1.15 bits per heavy atom. The van der Waals surface area contributed by atoms with Crippen molar-refractivity contribution in [2.75, 3.05) is 43.1 Å². The van der Waals surface area contributed by atoms with Crippen LogP contribution >= 0.6 is 0 Å². The molecule has 33 heavy (non-hydrogen) atoms. The molecule has 0 aromatic heterocycles. The normalized spacial score (nSPS) is 22.4. The number of hydrogen-bond acceptors (Lipinski definition) is 4. The van der Waals surface area contributed by atoms with Crippen LogP contribution in [0.2, 0.25) is 0 Å².